The molecule has 0 bridgehead atoms. The standard InChI is InChI=1S/C16H16N4OS2/c1-9-8-14(17-13-7-5-4-6-12(9)13)22-10(2)15(21)18-16-20-19-11(3)23-16/h4-8,10H,1-3H3,(H,18,20,21)/t10-/m1/s1. The third-order valence-electron chi connectivity index (χ3n) is 3.32. The van der Waals surface area contributed by atoms with Crippen molar-refractivity contribution in [2.75, 3.05) is 5.32 Å². The fraction of sp³-hybridized carbons (Fsp3) is 0.250. The minimum Gasteiger partial charge on any atom is -0.300 e. The van der Waals surface area contributed by atoms with Gasteiger partial charge in [-0.2, -0.15) is 0 Å². The van der Waals surface area contributed by atoms with Gasteiger partial charge in [0.15, 0.2) is 0 Å². The minimum atomic E-state index is -0.271. The summed E-state index contributed by atoms with van der Waals surface area (Å²) in [4.78, 5) is 16.9. The molecule has 2 heterocycles. The number of rotatable bonds is 4. The first-order chi connectivity index (χ1) is 11.0. The van der Waals surface area contributed by atoms with E-state index in [-0.39, 0.29) is 11.2 Å². The van der Waals surface area contributed by atoms with Gasteiger partial charge in [0, 0.05) is 5.39 Å². The van der Waals surface area contributed by atoms with Crippen LogP contribution in [-0.4, -0.2) is 26.3 Å². The van der Waals surface area contributed by atoms with Crippen LogP contribution in [0.4, 0.5) is 5.13 Å². The maximum absolute atomic E-state index is 12.3. The molecule has 0 fully saturated rings. The molecule has 23 heavy (non-hydrogen) atoms. The first-order valence-corrected chi connectivity index (χ1v) is 8.86. The van der Waals surface area contributed by atoms with Gasteiger partial charge >= 0.3 is 0 Å². The molecule has 1 N–H and O–H groups in total. The van der Waals surface area contributed by atoms with E-state index in [4.69, 9.17) is 0 Å². The number of hydrogen-bond donors (Lipinski definition) is 1. The molecule has 118 valence electrons. The van der Waals surface area contributed by atoms with Crippen molar-refractivity contribution in [1.82, 2.24) is 15.2 Å². The number of nitrogens with zero attached hydrogens (tertiary/aromatic N) is 3. The maximum Gasteiger partial charge on any atom is 0.239 e. The number of fused-ring (bicyclic) bond motifs is 1. The van der Waals surface area contributed by atoms with Crippen LogP contribution in [0.2, 0.25) is 0 Å². The van der Waals surface area contributed by atoms with Crippen molar-refractivity contribution < 1.29 is 4.79 Å². The van der Waals surface area contributed by atoms with Crippen molar-refractivity contribution in [3.63, 3.8) is 0 Å². The van der Waals surface area contributed by atoms with Crippen molar-refractivity contribution in [2.45, 2.75) is 31.0 Å². The van der Waals surface area contributed by atoms with Gasteiger partial charge in [0.2, 0.25) is 11.0 Å². The van der Waals surface area contributed by atoms with Gasteiger partial charge in [0.05, 0.1) is 15.8 Å². The lowest BCUT2D eigenvalue weighted by molar-refractivity contribution is -0.115. The molecule has 3 rings (SSSR count). The third-order valence-corrected chi connectivity index (χ3v) is 5.09. The van der Waals surface area contributed by atoms with Gasteiger partial charge in [0.25, 0.3) is 0 Å². The lowest BCUT2D eigenvalue weighted by Crippen LogP contribution is -2.22. The van der Waals surface area contributed by atoms with Crippen LogP contribution in [0.3, 0.4) is 0 Å². The van der Waals surface area contributed by atoms with Crippen LogP contribution in [0, 0.1) is 13.8 Å². The lowest BCUT2D eigenvalue weighted by atomic mass is 10.1. The monoisotopic (exact) mass is 344 g/mol. The molecule has 1 aromatic carbocycles. The largest absolute Gasteiger partial charge is 0.300 e. The van der Waals surface area contributed by atoms with E-state index in [1.54, 1.807) is 0 Å². The Bertz CT molecular complexity index is 862. The summed E-state index contributed by atoms with van der Waals surface area (Å²) in [6, 6.07) is 10.0. The molecule has 0 saturated carbocycles. The Morgan fingerprint density at radius 3 is 2.78 bits per heavy atom. The van der Waals surface area contributed by atoms with E-state index < -0.39 is 0 Å². The highest BCUT2D eigenvalue weighted by Gasteiger charge is 2.17. The molecule has 0 spiro atoms. The number of thioether (sulfide) groups is 1. The summed E-state index contributed by atoms with van der Waals surface area (Å²) in [6.07, 6.45) is 0. The van der Waals surface area contributed by atoms with Gasteiger partial charge in [0.1, 0.15) is 5.01 Å². The summed E-state index contributed by atoms with van der Waals surface area (Å²) in [5, 5.41) is 13.7. The van der Waals surface area contributed by atoms with Crippen LogP contribution in [0.25, 0.3) is 10.9 Å². The average Bonchev–Trinajstić information content (AvgIpc) is 2.92. The Morgan fingerprint density at radius 2 is 2.04 bits per heavy atom. The topological polar surface area (TPSA) is 67.8 Å². The van der Waals surface area contributed by atoms with E-state index in [1.807, 2.05) is 38.1 Å². The molecule has 0 saturated heterocycles. The smallest absolute Gasteiger partial charge is 0.239 e. The number of pyridine rings is 1. The Balaban J connectivity index is 1.74. The molecule has 3 aromatic rings. The van der Waals surface area contributed by atoms with Crippen LogP contribution in [-0.2, 0) is 4.79 Å². The summed E-state index contributed by atoms with van der Waals surface area (Å²) >= 11 is 2.81. The van der Waals surface area contributed by atoms with E-state index in [2.05, 4.69) is 33.5 Å². The van der Waals surface area contributed by atoms with E-state index >= 15 is 0 Å². The van der Waals surface area contributed by atoms with Crippen molar-refractivity contribution in [1.29, 1.82) is 0 Å². The van der Waals surface area contributed by atoms with Gasteiger partial charge in [-0.3, -0.25) is 10.1 Å². The van der Waals surface area contributed by atoms with Crippen molar-refractivity contribution >= 4 is 45.0 Å². The molecule has 0 aliphatic heterocycles. The fourth-order valence-corrected chi connectivity index (χ4v) is 3.69. The van der Waals surface area contributed by atoms with Crippen LogP contribution in [0.15, 0.2) is 35.4 Å². The van der Waals surface area contributed by atoms with Crippen molar-refractivity contribution in [3.05, 3.63) is 40.9 Å². The molecule has 7 heteroatoms. The predicted molar refractivity (Wildman–Crippen MR) is 95.1 cm³/mol. The van der Waals surface area contributed by atoms with E-state index in [1.165, 1.54) is 23.1 Å². The van der Waals surface area contributed by atoms with Crippen LogP contribution in [0.5, 0.6) is 0 Å². The summed E-state index contributed by atoms with van der Waals surface area (Å²) in [7, 11) is 0. The molecule has 1 atom stereocenters. The number of amides is 1. The summed E-state index contributed by atoms with van der Waals surface area (Å²) < 4.78 is 0. The van der Waals surface area contributed by atoms with E-state index in [0.29, 0.717) is 5.13 Å². The quantitative estimate of drug-likeness (QED) is 0.729. The third kappa shape index (κ3) is 3.68. The van der Waals surface area contributed by atoms with Gasteiger partial charge in [-0.25, -0.2) is 4.98 Å². The number of aromatic nitrogens is 3. The first kappa shape index (κ1) is 15.9. The number of hydrogen-bond acceptors (Lipinski definition) is 6. The van der Waals surface area contributed by atoms with Crippen LogP contribution in [0.1, 0.15) is 17.5 Å². The number of carbonyl (C=O) groups excluding carboxylic acids is 1. The molecular formula is C16H16N4OS2. The van der Waals surface area contributed by atoms with Crippen LogP contribution < -0.4 is 5.32 Å². The number of nitrogens with one attached hydrogen (secondary N) is 1. The molecule has 0 aliphatic carbocycles. The number of benzene rings is 1. The Kier molecular flexibility index (Phi) is 4.58. The molecular weight excluding hydrogens is 328 g/mol. The van der Waals surface area contributed by atoms with E-state index in [0.717, 1.165) is 26.5 Å². The predicted octanol–water partition coefficient (Wildman–Crippen LogP) is 3.82. The molecule has 2 aromatic heterocycles. The number of carbonyl (C=O) groups is 1. The van der Waals surface area contributed by atoms with Gasteiger partial charge < -0.3 is 0 Å². The molecule has 5 nitrogen and oxygen atoms in total. The molecule has 1 amide bonds. The summed E-state index contributed by atoms with van der Waals surface area (Å²) in [5.41, 5.74) is 2.10. The van der Waals surface area contributed by atoms with Crippen LogP contribution >= 0.6 is 23.1 Å². The highest BCUT2D eigenvalue weighted by molar-refractivity contribution is 8.00. The lowest BCUT2D eigenvalue weighted by Gasteiger charge is -2.11. The first-order valence-electron chi connectivity index (χ1n) is 7.17. The van der Waals surface area contributed by atoms with Crippen molar-refractivity contribution in [3.8, 4) is 0 Å². The SMILES string of the molecule is Cc1nnc(NC(=O)[C@@H](C)Sc2cc(C)c3ccccc3n2)s1. The molecule has 0 radical (unpaired) electrons. The second-order valence-corrected chi connectivity index (χ2v) is 7.71. The number of para-hydroxylation sites is 1. The van der Waals surface area contributed by atoms with Gasteiger partial charge in [-0.1, -0.05) is 41.3 Å². The Hall–Kier alpha value is -1.99. The minimum absolute atomic E-state index is 0.0984. The Labute approximate surface area is 142 Å². The fourth-order valence-electron chi connectivity index (χ4n) is 2.17. The summed E-state index contributed by atoms with van der Waals surface area (Å²) in [5.74, 6) is -0.0984. The second-order valence-electron chi connectivity index (χ2n) is 5.17. The highest BCUT2D eigenvalue weighted by atomic mass is 32.2. The normalized spacial score (nSPS) is 12.3. The second kappa shape index (κ2) is 6.64. The Morgan fingerprint density at radius 1 is 1.26 bits per heavy atom. The van der Waals surface area contributed by atoms with E-state index in [9.17, 15) is 4.79 Å². The maximum atomic E-state index is 12.3. The zero-order chi connectivity index (χ0) is 16.4. The highest BCUT2D eigenvalue weighted by Crippen LogP contribution is 2.27. The molecule has 0 unspecified atom stereocenters. The van der Waals surface area contributed by atoms with Gasteiger partial charge in [-0.15, -0.1) is 10.2 Å². The van der Waals surface area contributed by atoms with Crippen molar-refractivity contribution in [2.24, 2.45) is 0 Å². The molecule has 0 aliphatic rings. The number of anilines is 1. The summed E-state index contributed by atoms with van der Waals surface area (Å²) in [6.45, 7) is 5.77. The zero-order valence-corrected chi connectivity index (χ0v) is 14.7. The zero-order valence-electron chi connectivity index (χ0n) is 13.0. The average molecular weight is 344 g/mol. The van der Waals surface area contributed by atoms with Gasteiger partial charge in [-0.05, 0) is 38.5 Å². The number of aryl methyl sites for hydroxylation is 2.